The van der Waals surface area contributed by atoms with Crippen molar-refractivity contribution in [2.75, 3.05) is 20.6 Å². The molecule has 0 aliphatic rings. The summed E-state index contributed by atoms with van der Waals surface area (Å²) in [7, 11) is 3.72. The van der Waals surface area contributed by atoms with E-state index in [0.717, 1.165) is 13.0 Å². The van der Waals surface area contributed by atoms with Gasteiger partial charge in [0.05, 0.1) is 0 Å². The SMILES string of the molecule is C/N=C\CCNC. The van der Waals surface area contributed by atoms with Crippen LogP contribution in [0.25, 0.3) is 0 Å². The molecule has 1 N–H and O–H groups in total. The van der Waals surface area contributed by atoms with Gasteiger partial charge < -0.3 is 10.3 Å². The normalized spacial score (nSPS) is 10.6. The fraction of sp³-hybridized carbons (Fsp3) is 0.800. The molecular weight excluding hydrogens is 88.1 g/mol. The Morgan fingerprint density at radius 3 is 2.86 bits per heavy atom. The molecule has 0 saturated carbocycles. The lowest BCUT2D eigenvalue weighted by Crippen LogP contribution is -2.07. The summed E-state index contributed by atoms with van der Waals surface area (Å²) in [6, 6.07) is 0. The first-order valence-corrected chi connectivity index (χ1v) is 2.47. The van der Waals surface area contributed by atoms with Gasteiger partial charge in [-0.3, -0.25) is 0 Å². The third-order valence-electron chi connectivity index (χ3n) is 0.706. The molecule has 42 valence electrons. The monoisotopic (exact) mass is 100 g/mol. The van der Waals surface area contributed by atoms with Gasteiger partial charge in [0, 0.05) is 7.05 Å². The first-order valence-electron chi connectivity index (χ1n) is 2.47. The summed E-state index contributed by atoms with van der Waals surface area (Å²) in [5.41, 5.74) is 0. The molecule has 0 radical (unpaired) electrons. The first kappa shape index (κ1) is 6.63. The fourth-order valence-electron chi connectivity index (χ4n) is 0.338. The van der Waals surface area contributed by atoms with Crippen molar-refractivity contribution in [3.8, 4) is 0 Å². The van der Waals surface area contributed by atoms with Crippen molar-refractivity contribution >= 4 is 6.21 Å². The maximum absolute atomic E-state index is 3.81. The van der Waals surface area contributed by atoms with Crippen molar-refractivity contribution in [3.05, 3.63) is 0 Å². The van der Waals surface area contributed by atoms with Crippen LogP contribution in [0.1, 0.15) is 6.42 Å². The Morgan fingerprint density at radius 1 is 1.71 bits per heavy atom. The number of aliphatic imine (C=N–C) groups is 1. The summed E-state index contributed by atoms with van der Waals surface area (Å²) in [4.78, 5) is 3.81. The lowest BCUT2D eigenvalue weighted by Gasteiger charge is -1.87. The minimum atomic E-state index is 1.03. The molecule has 0 amide bonds. The van der Waals surface area contributed by atoms with Gasteiger partial charge in [-0.25, -0.2) is 0 Å². The summed E-state index contributed by atoms with van der Waals surface area (Å²) >= 11 is 0. The van der Waals surface area contributed by atoms with Crippen LogP contribution in [0.15, 0.2) is 4.99 Å². The van der Waals surface area contributed by atoms with Gasteiger partial charge in [0.1, 0.15) is 0 Å². The third-order valence-corrected chi connectivity index (χ3v) is 0.706. The Morgan fingerprint density at radius 2 is 2.43 bits per heavy atom. The molecule has 0 aromatic carbocycles. The van der Waals surface area contributed by atoms with E-state index in [9.17, 15) is 0 Å². The van der Waals surface area contributed by atoms with E-state index >= 15 is 0 Å². The van der Waals surface area contributed by atoms with Gasteiger partial charge in [0.25, 0.3) is 0 Å². The van der Waals surface area contributed by atoms with Gasteiger partial charge in [0.15, 0.2) is 0 Å². The number of nitrogens with one attached hydrogen (secondary N) is 1. The highest BCUT2D eigenvalue weighted by atomic mass is 14.8. The zero-order valence-corrected chi connectivity index (χ0v) is 4.94. The fourth-order valence-corrected chi connectivity index (χ4v) is 0.338. The molecule has 0 aromatic heterocycles. The van der Waals surface area contributed by atoms with E-state index < -0.39 is 0 Å². The van der Waals surface area contributed by atoms with Crippen molar-refractivity contribution in [3.63, 3.8) is 0 Å². The predicted molar refractivity (Wildman–Crippen MR) is 33.0 cm³/mol. The summed E-state index contributed by atoms with van der Waals surface area (Å²) in [6.45, 7) is 1.03. The molecule has 0 aliphatic heterocycles. The van der Waals surface area contributed by atoms with Crippen molar-refractivity contribution < 1.29 is 0 Å². The Balaban J connectivity index is 2.69. The molecule has 7 heavy (non-hydrogen) atoms. The minimum Gasteiger partial charge on any atom is -0.319 e. The summed E-state index contributed by atoms with van der Waals surface area (Å²) in [6.07, 6.45) is 2.93. The lowest BCUT2D eigenvalue weighted by atomic mass is 10.5. The van der Waals surface area contributed by atoms with Crippen LogP contribution in [0.5, 0.6) is 0 Å². The molecule has 0 heterocycles. The molecule has 0 spiro atoms. The maximum Gasteiger partial charge on any atom is 0.0273 e. The summed E-state index contributed by atoms with van der Waals surface area (Å²) in [5, 5.41) is 3.01. The molecule has 2 heteroatoms. The average molecular weight is 100 g/mol. The summed E-state index contributed by atoms with van der Waals surface area (Å²) < 4.78 is 0. The smallest absolute Gasteiger partial charge is 0.0273 e. The van der Waals surface area contributed by atoms with Crippen LogP contribution in [-0.4, -0.2) is 26.9 Å². The Hall–Kier alpha value is -0.370. The topological polar surface area (TPSA) is 24.4 Å². The van der Waals surface area contributed by atoms with E-state index in [1.807, 2.05) is 13.3 Å². The molecule has 0 aliphatic carbocycles. The van der Waals surface area contributed by atoms with E-state index in [4.69, 9.17) is 0 Å². The van der Waals surface area contributed by atoms with Crippen LogP contribution in [0.3, 0.4) is 0 Å². The minimum absolute atomic E-state index is 1.03. The van der Waals surface area contributed by atoms with Crippen LogP contribution in [-0.2, 0) is 0 Å². The van der Waals surface area contributed by atoms with Crippen LogP contribution in [0, 0.1) is 0 Å². The van der Waals surface area contributed by atoms with Crippen molar-refractivity contribution in [2.24, 2.45) is 4.99 Å². The highest BCUT2D eigenvalue weighted by molar-refractivity contribution is 5.56. The van der Waals surface area contributed by atoms with E-state index in [0.29, 0.717) is 0 Å². The van der Waals surface area contributed by atoms with Crippen LogP contribution >= 0.6 is 0 Å². The Bertz CT molecular complexity index is 50.0. The molecule has 0 aromatic rings. The highest BCUT2D eigenvalue weighted by Crippen LogP contribution is 1.65. The zero-order valence-electron chi connectivity index (χ0n) is 4.94. The molecule has 0 rings (SSSR count). The molecule has 0 atom stereocenters. The number of hydrogen-bond acceptors (Lipinski definition) is 2. The Labute approximate surface area is 44.6 Å². The highest BCUT2D eigenvalue weighted by Gasteiger charge is 1.71. The number of rotatable bonds is 3. The second-order valence-electron chi connectivity index (χ2n) is 1.33. The zero-order chi connectivity index (χ0) is 5.54. The standard InChI is InChI=1S/C5H12N2/c1-6-4-3-5-7-2/h4,7H,3,5H2,1-2H3/b6-4-. The van der Waals surface area contributed by atoms with E-state index in [1.165, 1.54) is 0 Å². The molecule has 0 saturated heterocycles. The van der Waals surface area contributed by atoms with Crippen molar-refractivity contribution in [2.45, 2.75) is 6.42 Å². The van der Waals surface area contributed by atoms with Gasteiger partial charge in [-0.15, -0.1) is 0 Å². The van der Waals surface area contributed by atoms with Crippen LogP contribution in [0.2, 0.25) is 0 Å². The Kier molecular flexibility index (Phi) is 5.33. The average Bonchev–Trinajstić information content (AvgIpc) is 1.69. The number of nitrogens with zero attached hydrogens (tertiary/aromatic N) is 1. The van der Waals surface area contributed by atoms with E-state index in [-0.39, 0.29) is 0 Å². The van der Waals surface area contributed by atoms with E-state index in [2.05, 4.69) is 10.3 Å². The van der Waals surface area contributed by atoms with Crippen molar-refractivity contribution in [1.29, 1.82) is 0 Å². The quantitative estimate of drug-likeness (QED) is 0.400. The largest absolute Gasteiger partial charge is 0.319 e. The van der Waals surface area contributed by atoms with Gasteiger partial charge in [-0.2, -0.15) is 0 Å². The third kappa shape index (κ3) is 5.63. The molecule has 2 nitrogen and oxygen atoms in total. The van der Waals surface area contributed by atoms with Gasteiger partial charge in [0.2, 0.25) is 0 Å². The molecular formula is C5H12N2. The first-order chi connectivity index (χ1) is 3.41. The second kappa shape index (κ2) is 5.63. The van der Waals surface area contributed by atoms with Gasteiger partial charge >= 0.3 is 0 Å². The van der Waals surface area contributed by atoms with Gasteiger partial charge in [-0.05, 0) is 26.2 Å². The number of hydrogen-bond donors (Lipinski definition) is 1. The molecule has 0 bridgehead atoms. The lowest BCUT2D eigenvalue weighted by molar-refractivity contribution is 0.829. The van der Waals surface area contributed by atoms with E-state index in [1.54, 1.807) is 7.05 Å². The van der Waals surface area contributed by atoms with Crippen LogP contribution < -0.4 is 5.32 Å². The summed E-state index contributed by atoms with van der Waals surface area (Å²) in [5.74, 6) is 0. The second-order valence-corrected chi connectivity index (χ2v) is 1.33. The van der Waals surface area contributed by atoms with Crippen LogP contribution in [0.4, 0.5) is 0 Å². The maximum atomic E-state index is 3.81. The molecule has 0 fully saturated rings. The predicted octanol–water partition coefficient (Wildman–Crippen LogP) is 0.297. The van der Waals surface area contributed by atoms with Crippen molar-refractivity contribution in [1.82, 2.24) is 5.32 Å². The van der Waals surface area contributed by atoms with Gasteiger partial charge in [-0.1, -0.05) is 0 Å². The molecule has 0 unspecified atom stereocenters.